The number of rotatable bonds is 3. The van der Waals surface area contributed by atoms with Crippen LogP contribution in [0.4, 0.5) is 5.82 Å². The number of nitriles is 1. The molecule has 1 saturated heterocycles. The smallest absolute Gasteiger partial charge is 0.129 e. The molecule has 1 unspecified atom stereocenters. The lowest BCUT2D eigenvalue weighted by atomic mass is 9.79. The van der Waals surface area contributed by atoms with Crippen LogP contribution in [0, 0.1) is 17.2 Å². The predicted octanol–water partition coefficient (Wildman–Crippen LogP) is 3.10. The Morgan fingerprint density at radius 3 is 2.73 bits per heavy atom. The Hall–Kier alpha value is -2.78. The van der Waals surface area contributed by atoms with E-state index in [1.807, 2.05) is 30.5 Å². The maximum absolute atomic E-state index is 10.1. The highest BCUT2D eigenvalue weighted by Gasteiger charge is 2.35. The van der Waals surface area contributed by atoms with Gasteiger partial charge in [-0.25, -0.2) is 0 Å². The van der Waals surface area contributed by atoms with Gasteiger partial charge in [0.15, 0.2) is 0 Å². The molecule has 0 radical (unpaired) electrons. The number of anilines is 1. The molecule has 2 N–H and O–H groups in total. The number of piperidine rings is 1. The molecule has 1 aromatic heterocycles. The summed E-state index contributed by atoms with van der Waals surface area (Å²) < 4.78 is 5.59. The number of methoxy groups -OCH3 is 1. The van der Waals surface area contributed by atoms with Gasteiger partial charge >= 0.3 is 0 Å². The van der Waals surface area contributed by atoms with E-state index >= 15 is 0 Å². The van der Waals surface area contributed by atoms with Crippen LogP contribution in [-0.2, 0) is 0 Å². The normalized spacial score (nSPS) is 21.0. The molecule has 2 aromatic rings. The zero-order valence-electron chi connectivity index (χ0n) is 15.1. The number of fused-ring (bicyclic) bond motifs is 1. The van der Waals surface area contributed by atoms with Gasteiger partial charge in [-0.1, -0.05) is 18.2 Å². The van der Waals surface area contributed by atoms with Crippen LogP contribution in [0.1, 0.15) is 29.9 Å². The third kappa shape index (κ3) is 2.74. The number of ether oxygens (including phenoxy) is 1. The Kier molecular flexibility index (Phi) is 4.39. The lowest BCUT2D eigenvalue weighted by Gasteiger charge is -2.35. The van der Waals surface area contributed by atoms with Crippen molar-refractivity contribution < 1.29 is 4.74 Å². The molecular formula is C20H23N5O. The van der Waals surface area contributed by atoms with Crippen LogP contribution in [0.25, 0.3) is 0 Å². The quantitative estimate of drug-likeness (QED) is 0.890. The van der Waals surface area contributed by atoms with E-state index in [0.717, 1.165) is 59.9 Å². The average molecular weight is 349 g/mol. The fraction of sp³-hybridized carbons (Fsp3) is 0.400. The number of aromatic amines is 1. The van der Waals surface area contributed by atoms with Crippen molar-refractivity contribution in [3.05, 3.63) is 52.9 Å². The van der Waals surface area contributed by atoms with Gasteiger partial charge < -0.3 is 15.0 Å². The molecule has 2 aliphatic rings. The van der Waals surface area contributed by atoms with Gasteiger partial charge in [0.25, 0.3) is 0 Å². The van der Waals surface area contributed by atoms with Gasteiger partial charge in [-0.15, -0.1) is 0 Å². The summed E-state index contributed by atoms with van der Waals surface area (Å²) >= 11 is 0. The minimum atomic E-state index is -0.166. The zero-order valence-corrected chi connectivity index (χ0v) is 15.1. The van der Waals surface area contributed by atoms with E-state index in [2.05, 4.69) is 33.5 Å². The molecule has 6 heteroatoms. The molecule has 4 rings (SSSR count). The van der Waals surface area contributed by atoms with Crippen molar-refractivity contribution in [2.24, 2.45) is 5.92 Å². The van der Waals surface area contributed by atoms with Crippen molar-refractivity contribution in [1.29, 1.82) is 5.26 Å². The monoisotopic (exact) mass is 349 g/mol. The summed E-state index contributed by atoms with van der Waals surface area (Å²) in [6.45, 7) is 2.09. The number of para-hydroxylation sites is 1. The number of H-pyrrole nitrogens is 1. The highest BCUT2D eigenvalue weighted by Crippen LogP contribution is 2.45. The first-order valence-corrected chi connectivity index (χ1v) is 8.98. The summed E-state index contributed by atoms with van der Waals surface area (Å²) in [5, 5.41) is 20.8. The number of benzene rings is 1. The predicted molar refractivity (Wildman–Crippen MR) is 99.9 cm³/mol. The summed E-state index contributed by atoms with van der Waals surface area (Å²) in [6, 6.07) is 10.4. The van der Waals surface area contributed by atoms with E-state index in [4.69, 9.17) is 4.74 Å². The fourth-order valence-corrected chi connectivity index (χ4v) is 4.10. The largest absolute Gasteiger partial charge is 0.496 e. The molecule has 2 aliphatic heterocycles. The van der Waals surface area contributed by atoms with E-state index in [1.165, 1.54) is 0 Å². The first-order chi connectivity index (χ1) is 12.7. The second-order valence-electron chi connectivity index (χ2n) is 7.02. The van der Waals surface area contributed by atoms with Gasteiger partial charge in [0.1, 0.15) is 11.6 Å². The topological polar surface area (TPSA) is 77.0 Å². The van der Waals surface area contributed by atoms with Crippen LogP contribution >= 0.6 is 0 Å². The molecule has 3 heterocycles. The number of hydrogen-bond acceptors (Lipinski definition) is 5. The maximum atomic E-state index is 10.1. The van der Waals surface area contributed by atoms with Gasteiger partial charge in [0.05, 0.1) is 30.9 Å². The minimum Gasteiger partial charge on any atom is -0.496 e. The van der Waals surface area contributed by atoms with Gasteiger partial charge in [0, 0.05) is 22.7 Å². The SMILES string of the molecule is COc1ccccc1C1C(C#N)=C(C2CCN(C)CC2)Nc2[nH]ncc21. The Bertz CT molecular complexity index is 870. The van der Waals surface area contributed by atoms with Crippen molar-refractivity contribution in [3.63, 3.8) is 0 Å². The number of allylic oxidation sites excluding steroid dienone is 2. The average Bonchev–Trinajstić information content (AvgIpc) is 3.15. The van der Waals surface area contributed by atoms with Gasteiger partial charge in [-0.3, -0.25) is 5.10 Å². The summed E-state index contributed by atoms with van der Waals surface area (Å²) in [5.74, 6) is 1.87. The highest BCUT2D eigenvalue weighted by atomic mass is 16.5. The highest BCUT2D eigenvalue weighted by molar-refractivity contribution is 5.66. The molecular weight excluding hydrogens is 326 g/mol. The summed E-state index contributed by atoms with van der Waals surface area (Å²) in [4.78, 5) is 2.34. The lowest BCUT2D eigenvalue weighted by Crippen LogP contribution is -2.34. The van der Waals surface area contributed by atoms with Gasteiger partial charge in [-0.05, 0) is 39.0 Å². The van der Waals surface area contributed by atoms with Crippen molar-refractivity contribution >= 4 is 5.82 Å². The molecule has 134 valence electrons. The molecule has 0 bridgehead atoms. The van der Waals surface area contributed by atoms with E-state index in [-0.39, 0.29) is 5.92 Å². The van der Waals surface area contributed by atoms with Crippen LogP contribution in [0.5, 0.6) is 5.75 Å². The van der Waals surface area contributed by atoms with E-state index < -0.39 is 0 Å². The molecule has 26 heavy (non-hydrogen) atoms. The third-order valence-corrected chi connectivity index (χ3v) is 5.52. The van der Waals surface area contributed by atoms with Crippen LogP contribution in [0.3, 0.4) is 0 Å². The first-order valence-electron chi connectivity index (χ1n) is 8.98. The molecule has 1 aromatic carbocycles. The molecule has 0 saturated carbocycles. The summed E-state index contributed by atoms with van der Waals surface area (Å²) in [6.07, 6.45) is 3.90. The maximum Gasteiger partial charge on any atom is 0.129 e. The molecule has 6 nitrogen and oxygen atoms in total. The lowest BCUT2D eigenvalue weighted by molar-refractivity contribution is 0.238. The number of nitrogens with zero attached hydrogens (tertiary/aromatic N) is 3. The molecule has 0 amide bonds. The molecule has 1 fully saturated rings. The van der Waals surface area contributed by atoms with Crippen molar-refractivity contribution in [3.8, 4) is 11.8 Å². The van der Waals surface area contributed by atoms with Crippen LogP contribution in [-0.4, -0.2) is 42.3 Å². The molecule has 0 aliphatic carbocycles. The van der Waals surface area contributed by atoms with Crippen molar-refractivity contribution in [2.75, 3.05) is 32.6 Å². The second-order valence-corrected chi connectivity index (χ2v) is 7.02. The molecule has 0 spiro atoms. The Morgan fingerprint density at radius 1 is 1.23 bits per heavy atom. The Morgan fingerprint density at radius 2 is 2.00 bits per heavy atom. The minimum absolute atomic E-state index is 0.166. The number of likely N-dealkylation sites (tertiary alicyclic amines) is 1. The Labute approximate surface area is 153 Å². The van der Waals surface area contributed by atoms with Gasteiger partial charge in [-0.2, -0.15) is 10.4 Å². The third-order valence-electron chi connectivity index (χ3n) is 5.52. The number of hydrogen-bond donors (Lipinski definition) is 2. The second kappa shape index (κ2) is 6.85. The first kappa shape index (κ1) is 16.7. The van der Waals surface area contributed by atoms with Gasteiger partial charge in [0.2, 0.25) is 0 Å². The van der Waals surface area contributed by atoms with E-state index in [9.17, 15) is 5.26 Å². The van der Waals surface area contributed by atoms with Crippen LogP contribution < -0.4 is 10.1 Å². The van der Waals surface area contributed by atoms with Crippen LogP contribution in [0.2, 0.25) is 0 Å². The zero-order chi connectivity index (χ0) is 18.1. The number of aromatic nitrogens is 2. The van der Waals surface area contributed by atoms with E-state index in [1.54, 1.807) is 7.11 Å². The summed E-state index contributed by atoms with van der Waals surface area (Å²) in [7, 11) is 3.82. The fourth-order valence-electron chi connectivity index (χ4n) is 4.10. The van der Waals surface area contributed by atoms with Crippen molar-refractivity contribution in [2.45, 2.75) is 18.8 Å². The Balaban J connectivity index is 1.84. The summed E-state index contributed by atoms with van der Waals surface area (Å²) in [5.41, 5.74) is 3.80. The van der Waals surface area contributed by atoms with Crippen LogP contribution in [0.15, 0.2) is 41.7 Å². The standard InChI is InChI=1S/C20H23N5O/c1-25-9-7-13(8-10-25)19-15(11-21)18(16-12-22-24-20(16)23-19)14-5-3-4-6-17(14)26-2/h3-6,12-13,18H,7-10H2,1-2H3,(H2,22,23,24). The van der Waals surface area contributed by atoms with E-state index in [0.29, 0.717) is 5.92 Å². The van der Waals surface area contributed by atoms with Crippen molar-refractivity contribution in [1.82, 2.24) is 15.1 Å². The number of nitrogens with one attached hydrogen (secondary N) is 2. The molecule has 1 atom stereocenters.